The Bertz CT molecular complexity index is 375. The molecule has 0 aromatic carbocycles. The van der Waals surface area contributed by atoms with Crippen LogP contribution >= 0.6 is 0 Å². The third-order valence-electron chi connectivity index (χ3n) is 3.25. The number of aromatic nitrogens is 1. The van der Waals surface area contributed by atoms with E-state index in [0.29, 0.717) is 19.3 Å². The molecule has 1 heterocycles. The van der Waals surface area contributed by atoms with E-state index in [9.17, 15) is 0 Å². The van der Waals surface area contributed by atoms with E-state index in [1.807, 2.05) is 12.3 Å². The summed E-state index contributed by atoms with van der Waals surface area (Å²) in [4.78, 5) is 4.41. The van der Waals surface area contributed by atoms with Crippen molar-refractivity contribution in [3.8, 4) is 0 Å². The van der Waals surface area contributed by atoms with Gasteiger partial charge in [-0.3, -0.25) is 4.98 Å². The van der Waals surface area contributed by atoms with Crippen LogP contribution in [0.2, 0.25) is 0 Å². The van der Waals surface area contributed by atoms with E-state index in [4.69, 9.17) is 9.47 Å². The van der Waals surface area contributed by atoms with E-state index in [2.05, 4.69) is 44.1 Å². The van der Waals surface area contributed by atoms with Gasteiger partial charge in [0.05, 0.1) is 17.9 Å². The Morgan fingerprint density at radius 3 is 2.60 bits per heavy atom. The van der Waals surface area contributed by atoms with Crippen molar-refractivity contribution in [1.82, 2.24) is 10.3 Å². The Labute approximate surface area is 122 Å². The average Bonchev–Trinajstić information content (AvgIpc) is 2.42. The minimum absolute atomic E-state index is 0.125. The number of methoxy groups -OCH3 is 1. The molecular formula is C16H28N2O2. The monoisotopic (exact) mass is 280 g/mol. The van der Waals surface area contributed by atoms with Gasteiger partial charge in [0.15, 0.2) is 0 Å². The van der Waals surface area contributed by atoms with Gasteiger partial charge in [0.25, 0.3) is 0 Å². The predicted molar refractivity (Wildman–Crippen MR) is 81.6 cm³/mol. The van der Waals surface area contributed by atoms with Crippen molar-refractivity contribution in [3.05, 3.63) is 29.6 Å². The van der Waals surface area contributed by atoms with Crippen LogP contribution in [0, 0.1) is 0 Å². The molecule has 0 bridgehead atoms. The van der Waals surface area contributed by atoms with Crippen LogP contribution in [0.15, 0.2) is 18.3 Å². The minimum atomic E-state index is -0.125. The van der Waals surface area contributed by atoms with Crippen LogP contribution in [0.25, 0.3) is 0 Å². The van der Waals surface area contributed by atoms with E-state index >= 15 is 0 Å². The second-order valence-electron chi connectivity index (χ2n) is 5.96. The molecule has 1 aromatic heterocycles. The average molecular weight is 280 g/mol. The summed E-state index contributed by atoms with van der Waals surface area (Å²) in [6.45, 7) is 10.5. The molecule has 0 atom stereocenters. The van der Waals surface area contributed by atoms with Gasteiger partial charge in [-0.05, 0) is 31.9 Å². The fraction of sp³-hybridized carbons (Fsp3) is 0.688. The molecule has 4 nitrogen and oxygen atoms in total. The molecule has 1 rings (SSSR count). The van der Waals surface area contributed by atoms with Crippen molar-refractivity contribution in [2.24, 2.45) is 0 Å². The van der Waals surface area contributed by atoms with Crippen LogP contribution in [0.5, 0.6) is 0 Å². The lowest BCUT2D eigenvalue weighted by Crippen LogP contribution is -2.24. The Balaban J connectivity index is 2.28. The highest BCUT2D eigenvalue weighted by molar-refractivity contribution is 5.13. The molecule has 0 aliphatic heterocycles. The lowest BCUT2D eigenvalue weighted by molar-refractivity contribution is -0.0128. The van der Waals surface area contributed by atoms with E-state index in [1.54, 1.807) is 7.11 Å². The third kappa shape index (κ3) is 6.98. The van der Waals surface area contributed by atoms with Crippen molar-refractivity contribution < 1.29 is 9.47 Å². The maximum Gasteiger partial charge on any atom is 0.0887 e. The fourth-order valence-electron chi connectivity index (χ4n) is 1.56. The second-order valence-corrected chi connectivity index (χ2v) is 5.96. The van der Waals surface area contributed by atoms with Crippen LogP contribution in [-0.2, 0) is 22.6 Å². The predicted octanol–water partition coefficient (Wildman–Crippen LogP) is 2.91. The standard InChI is InChI=1S/C16H28N2O2/c1-13(2)17-10-14-6-7-15(18-11-14)12-20-9-8-16(3,4)19-5/h6-7,11,13,17H,8-10,12H2,1-5H3. The molecule has 0 spiro atoms. The van der Waals surface area contributed by atoms with Gasteiger partial charge >= 0.3 is 0 Å². The highest BCUT2D eigenvalue weighted by Crippen LogP contribution is 2.13. The number of ether oxygens (including phenoxy) is 2. The summed E-state index contributed by atoms with van der Waals surface area (Å²) in [5.74, 6) is 0. The molecule has 0 radical (unpaired) electrons. The zero-order chi connectivity index (χ0) is 15.0. The molecule has 4 heteroatoms. The number of rotatable bonds is 9. The molecule has 0 saturated carbocycles. The molecule has 0 aliphatic carbocycles. The molecule has 20 heavy (non-hydrogen) atoms. The van der Waals surface area contributed by atoms with Crippen molar-refractivity contribution in [2.75, 3.05) is 13.7 Å². The van der Waals surface area contributed by atoms with Crippen molar-refractivity contribution in [1.29, 1.82) is 0 Å². The van der Waals surface area contributed by atoms with Gasteiger partial charge in [0, 0.05) is 32.5 Å². The van der Waals surface area contributed by atoms with Gasteiger partial charge in [-0.1, -0.05) is 19.9 Å². The van der Waals surface area contributed by atoms with Gasteiger partial charge in [0.1, 0.15) is 0 Å². The normalized spacial score (nSPS) is 12.1. The molecule has 1 N–H and O–H groups in total. The van der Waals surface area contributed by atoms with Crippen molar-refractivity contribution in [3.63, 3.8) is 0 Å². The third-order valence-corrected chi connectivity index (χ3v) is 3.25. The Morgan fingerprint density at radius 1 is 1.30 bits per heavy atom. The van der Waals surface area contributed by atoms with Crippen LogP contribution in [-0.4, -0.2) is 30.3 Å². The molecule has 1 aromatic rings. The highest BCUT2D eigenvalue weighted by Gasteiger charge is 2.15. The van der Waals surface area contributed by atoms with Gasteiger partial charge in [-0.25, -0.2) is 0 Å². The number of pyridine rings is 1. The number of nitrogens with one attached hydrogen (secondary N) is 1. The van der Waals surface area contributed by atoms with E-state index in [-0.39, 0.29) is 5.60 Å². The first-order valence-electron chi connectivity index (χ1n) is 7.23. The molecule has 0 unspecified atom stereocenters. The van der Waals surface area contributed by atoms with Crippen LogP contribution in [0.3, 0.4) is 0 Å². The van der Waals surface area contributed by atoms with E-state index < -0.39 is 0 Å². The fourth-order valence-corrected chi connectivity index (χ4v) is 1.56. The molecule has 114 valence electrons. The van der Waals surface area contributed by atoms with Crippen molar-refractivity contribution >= 4 is 0 Å². The largest absolute Gasteiger partial charge is 0.379 e. The lowest BCUT2D eigenvalue weighted by Gasteiger charge is -2.22. The molecule has 0 aliphatic rings. The Kier molecular flexibility index (Phi) is 7.13. The second kappa shape index (κ2) is 8.35. The van der Waals surface area contributed by atoms with Crippen LogP contribution < -0.4 is 5.32 Å². The summed E-state index contributed by atoms with van der Waals surface area (Å²) in [5.41, 5.74) is 2.04. The SMILES string of the molecule is COC(C)(C)CCOCc1ccc(CNC(C)C)cn1. The molecule has 0 saturated heterocycles. The summed E-state index contributed by atoms with van der Waals surface area (Å²) >= 11 is 0. The highest BCUT2D eigenvalue weighted by atomic mass is 16.5. The Hall–Kier alpha value is -0.970. The maximum absolute atomic E-state index is 5.64. The summed E-state index contributed by atoms with van der Waals surface area (Å²) < 4.78 is 11.0. The smallest absolute Gasteiger partial charge is 0.0887 e. The van der Waals surface area contributed by atoms with Gasteiger partial charge < -0.3 is 14.8 Å². The van der Waals surface area contributed by atoms with E-state index in [1.165, 1.54) is 5.56 Å². The first kappa shape index (κ1) is 17.1. The van der Waals surface area contributed by atoms with Gasteiger partial charge in [0.2, 0.25) is 0 Å². The van der Waals surface area contributed by atoms with E-state index in [0.717, 1.165) is 18.7 Å². The summed E-state index contributed by atoms with van der Waals surface area (Å²) in [6.07, 6.45) is 2.78. The molecule has 0 amide bonds. The zero-order valence-electron chi connectivity index (χ0n) is 13.4. The minimum Gasteiger partial charge on any atom is -0.379 e. The zero-order valence-corrected chi connectivity index (χ0v) is 13.4. The Morgan fingerprint density at radius 2 is 2.05 bits per heavy atom. The van der Waals surface area contributed by atoms with Crippen LogP contribution in [0.1, 0.15) is 45.4 Å². The van der Waals surface area contributed by atoms with Crippen LogP contribution in [0.4, 0.5) is 0 Å². The van der Waals surface area contributed by atoms with Gasteiger partial charge in [-0.2, -0.15) is 0 Å². The number of hydrogen-bond acceptors (Lipinski definition) is 4. The summed E-state index contributed by atoms with van der Waals surface area (Å²) in [6, 6.07) is 4.61. The summed E-state index contributed by atoms with van der Waals surface area (Å²) in [7, 11) is 1.73. The topological polar surface area (TPSA) is 43.4 Å². The number of nitrogens with zero attached hydrogens (tertiary/aromatic N) is 1. The molecule has 0 fully saturated rings. The summed E-state index contributed by atoms with van der Waals surface area (Å²) in [5, 5.41) is 3.37. The lowest BCUT2D eigenvalue weighted by atomic mass is 10.1. The first-order valence-corrected chi connectivity index (χ1v) is 7.23. The van der Waals surface area contributed by atoms with Gasteiger partial charge in [-0.15, -0.1) is 0 Å². The number of hydrogen-bond donors (Lipinski definition) is 1. The maximum atomic E-state index is 5.64. The first-order chi connectivity index (χ1) is 9.43. The quantitative estimate of drug-likeness (QED) is 0.706. The van der Waals surface area contributed by atoms with Crippen molar-refractivity contribution in [2.45, 2.75) is 58.9 Å². The molecular weight excluding hydrogens is 252 g/mol.